The second-order valence-corrected chi connectivity index (χ2v) is 15.6. The fraction of sp³-hybridized carbons (Fsp3) is 0.240. The molecule has 1 spiro atoms. The summed E-state index contributed by atoms with van der Waals surface area (Å²) in [6, 6.07) is 25.2. The highest BCUT2D eigenvalue weighted by atomic mass is 16.5. The van der Waals surface area contributed by atoms with E-state index in [-0.39, 0.29) is 17.9 Å². The molecule has 1 aromatic heterocycles. The Morgan fingerprint density at radius 2 is 1.57 bits per heavy atom. The molecule has 11 rings (SSSR count). The smallest absolute Gasteiger partial charge is 0.136 e. The average Bonchev–Trinajstić information content (AvgIpc) is 3.55. The molecule has 7 aliphatic rings. The van der Waals surface area contributed by atoms with Crippen LogP contribution >= 0.6 is 0 Å². The number of para-hydroxylation sites is 3. The maximum absolute atomic E-state index is 7.28. The molecular formula is C50H43NO2. The summed E-state index contributed by atoms with van der Waals surface area (Å²) in [5.41, 5.74) is 12.9. The van der Waals surface area contributed by atoms with Crippen molar-refractivity contribution in [1.82, 2.24) is 4.57 Å². The SMILES string of the molecule is CC1C=Cc2c(c3ccccc3n2C2C=CC=CC2)C1c1cccc2c1Oc1ccccc1C21C2=C(C=CCC2)OC2=C1CCC(C1=CC=CCC1)=C2. The lowest BCUT2D eigenvalue weighted by Gasteiger charge is -2.49. The first-order chi connectivity index (χ1) is 26.2. The maximum atomic E-state index is 7.28. The second kappa shape index (κ2) is 12.0. The van der Waals surface area contributed by atoms with Gasteiger partial charge in [-0.3, -0.25) is 0 Å². The Morgan fingerprint density at radius 3 is 2.47 bits per heavy atom. The van der Waals surface area contributed by atoms with Gasteiger partial charge in [0.25, 0.3) is 0 Å². The number of rotatable bonds is 3. The topological polar surface area (TPSA) is 23.4 Å². The van der Waals surface area contributed by atoms with Crippen LogP contribution in [0.1, 0.15) is 91.8 Å². The fourth-order valence-electron chi connectivity index (χ4n) is 10.7. The molecule has 5 aliphatic carbocycles. The van der Waals surface area contributed by atoms with Crippen molar-refractivity contribution < 1.29 is 9.47 Å². The van der Waals surface area contributed by atoms with E-state index >= 15 is 0 Å². The van der Waals surface area contributed by atoms with Crippen molar-refractivity contribution in [3.63, 3.8) is 0 Å². The molecule has 0 amide bonds. The summed E-state index contributed by atoms with van der Waals surface area (Å²) in [5, 5.41) is 1.34. The zero-order chi connectivity index (χ0) is 35.1. The van der Waals surface area contributed by atoms with Gasteiger partial charge in [-0.05, 0) is 109 Å². The van der Waals surface area contributed by atoms with Crippen molar-refractivity contribution >= 4 is 17.0 Å². The van der Waals surface area contributed by atoms with Crippen molar-refractivity contribution in [3.05, 3.63) is 195 Å². The molecule has 0 saturated carbocycles. The van der Waals surface area contributed by atoms with Crippen molar-refractivity contribution in [3.8, 4) is 11.5 Å². The Bertz CT molecular complexity index is 2520. The first-order valence-electron chi connectivity index (χ1n) is 19.6. The summed E-state index contributed by atoms with van der Waals surface area (Å²) in [4.78, 5) is 0. The molecule has 3 heteroatoms. The van der Waals surface area contributed by atoms with E-state index in [1.807, 2.05) is 0 Å². The summed E-state index contributed by atoms with van der Waals surface area (Å²) in [5.74, 6) is 4.41. The van der Waals surface area contributed by atoms with Crippen molar-refractivity contribution in [2.24, 2.45) is 5.92 Å². The van der Waals surface area contributed by atoms with E-state index in [1.54, 1.807) is 0 Å². The molecule has 0 bridgehead atoms. The minimum Gasteiger partial charge on any atom is -0.457 e. The second-order valence-electron chi connectivity index (χ2n) is 15.6. The van der Waals surface area contributed by atoms with E-state index in [9.17, 15) is 0 Å². The molecule has 53 heavy (non-hydrogen) atoms. The number of nitrogens with zero attached hydrogens (tertiary/aromatic N) is 1. The van der Waals surface area contributed by atoms with Gasteiger partial charge < -0.3 is 14.0 Å². The number of hydrogen-bond donors (Lipinski definition) is 0. The molecule has 0 fully saturated rings. The summed E-state index contributed by atoms with van der Waals surface area (Å²) < 4.78 is 16.8. The lowest BCUT2D eigenvalue weighted by atomic mass is 9.57. The van der Waals surface area contributed by atoms with Crippen molar-refractivity contribution in [2.45, 2.75) is 69.2 Å². The van der Waals surface area contributed by atoms with E-state index in [0.29, 0.717) is 0 Å². The van der Waals surface area contributed by atoms with Crippen molar-refractivity contribution in [2.75, 3.05) is 0 Å². The molecular weight excluding hydrogens is 647 g/mol. The summed E-state index contributed by atoms with van der Waals surface area (Å²) in [6.07, 6.45) is 34.6. The van der Waals surface area contributed by atoms with E-state index in [4.69, 9.17) is 9.47 Å². The largest absolute Gasteiger partial charge is 0.457 e. The highest BCUT2D eigenvalue weighted by molar-refractivity contribution is 5.91. The molecule has 3 aromatic carbocycles. The van der Waals surface area contributed by atoms with E-state index in [2.05, 4.69) is 151 Å². The Labute approximate surface area is 312 Å². The normalized spacial score (nSPS) is 26.3. The van der Waals surface area contributed by atoms with Gasteiger partial charge >= 0.3 is 0 Å². The quantitative estimate of drug-likeness (QED) is 0.214. The molecule has 4 unspecified atom stereocenters. The van der Waals surface area contributed by atoms with E-state index in [0.717, 1.165) is 68.0 Å². The summed E-state index contributed by atoms with van der Waals surface area (Å²) in [6.45, 7) is 2.38. The number of ether oxygens (including phenoxy) is 2. The highest BCUT2D eigenvalue weighted by Gasteiger charge is 2.53. The average molecular weight is 690 g/mol. The van der Waals surface area contributed by atoms with Gasteiger partial charge in [-0.1, -0.05) is 116 Å². The van der Waals surface area contributed by atoms with E-state index in [1.165, 1.54) is 61.1 Å². The van der Waals surface area contributed by atoms with Crippen LogP contribution in [0.5, 0.6) is 11.5 Å². The minimum atomic E-state index is -0.472. The van der Waals surface area contributed by atoms with E-state index < -0.39 is 5.41 Å². The monoisotopic (exact) mass is 689 g/mol. The zero-order valence-corrected chi connectivity index (χ0v) is 30.2. The van der Waals surface area contributed by atoms with Crippen LogP contribution in [-0.4, -0.2) is 4.57 Å². The van der Waals surface area contributed by atoms with Crippen molar-refractivity contribution in [1.29, 1.82) is 0 Å². The van der Waals surface area contributed by atoms with Gasteiger partial charge in [0.1, 0.15) is 23.0 Å². The number of fused-ring (bicyclic) bond motifs is 9. The number of aromatic nitrogens is 1. The first-order valence-corrected chi connectivity index (χ1v) is 19.6. The van der Waals surface area contributed by atoms with Crippen LogP contribution < -0.4 is 4.74 Å². The maximum Gasteiger partial charge on any atom is 0.136 e. The van der Waals surface area contributed by atoms with Crippen LogP contribution in [0.4, 0.5) is 0 Å². The Kier molecular flexibility index (Phi) is 7.02. The minimum absolute atomic E-state index is 0.124. The molecule has 3 heterocycles. The number of allylic oxidation sites excluding steroid dienone is 15. The third-order valence-corrected chi connectivity index (χ3v) is 12.9. The molecule has 0 N–H and O–H groups in total. The van der Waals surface area contributed by atoms with Gasteiger partial charge in [-0.2, -0.15) is 0 Å². The van der Waals surface area contributed by atoms with Gasteiger partial charge in [0.05, 0.1) is 11.5 Å². The first kappa shape index (κ1) is 31.0. The fourth-order valence-corrected chi connectivity index (χ4v) is 10.7. The summed E-state index contributed by atoms with van der Waals surface area (Å²) in [7, 11) is 0. The number of benzene rings is 3. The van der Waals surface area contributed by atoms with Crippen LogP contribution in [0.25, 0.3) is 17.0 Å². The molecule has 0 radical (unpaired) electrons. The highest BCUT2D eigenvalue weighted by Crippen LogP contribution is 2.64. The Morgan fingerprint density at radius 1 is 0.698 bits per heavy atom. The van der Waals surface area contributed by atoms with Crippen LogP contribution in [0.2, 0.25) is 0 Å². The van der Waals surface area contributed by atoms with Crippen LogP contribution in [0.3, 0.4) is 0 Å². The lowest BCUT2D eigenvalue weighted by Crippen LogP contribution is -2.41. The third kappa shape index (κ3) is 4.46. The Hall–Kier alpha value is -5.54. The van der Waals surface area contributed by atoms with Gasteiger partial charge in [0.2, 0.25) is 0 Å². The Balaban J connectivity index is 1.17. The van der Waals surface area contributed by atoms with Crippen LogP contribution in [-0.2, 0) is 10.2 Å². The number of hydrogen-bond acceptors (Lipinski definition) is 2. The predicted octanol–water partition coefficient (Wildman–Crippen LogP) is 12.8. The molecule has 260 valence electrons. The standard InChI is InChI=1S/C50H43NO2/c1-32-27-30-43-48(36-19-8-11-24-42(36)51(43)35-17-6-3-7-18-35)47(32)37-20-14-23-41-49(37)53-45-26-13-10-22-39(45)50(41)38-21-9-12-25-44(38)52-46-31-34(28-29-40(46)50)33-15-4-2-5-16-33/h2-4,6-8,10-15,17,19-20,22-27,30-32,35,47H,5,9,16,18,21,28-29H2,1H3. The molecule has 0 saturated heterocycles. The van der Waals surface area contributed by atoms with Crippen LogP contribution in [0, 0.1) is 5.92 Å². The lowest BCUT2D eigenvalue weighted by molar-refractivity contribution is 0.280. The van der Waals surface area contributed by atoms with Gasteiger partial charge in [0.15, 0.2) is 0 Å². The summed E-state index contributed by atoms with van der Waals surface area (Å²) >= 11 is 0. The van der Waals surface area contributed by atoms with Gasteiger partial charge in [-0.25, -0.2) is 0 Å². The zero-order valence-electron chi connectivity index (χ0n) is 30.2. The van der Waals surface area contributed by atoms with Gasteiger partial charge in [-0.15, -0.1) is 0 Å². The molecule has 3 nitrogen and oxygen atoms in total. The molecule has 4 atom stereocenters. The third-order valence-electron chi connectivity index (χ3n) is 12.9. The molecule has 4 aromatic rings. The van der Waals surface area contributed by atoms with Gasteiger partial charge in [0, 0.05) is 39.2 Å². The molecule has 2 aliphatic heterocycles. The predicted molar refractivity (Wildman–Crippen MR) is 215 cm³/mol. The van der Waals surface area contributed by atoms with Crippen LogP contribution in [0.15, 0.2) is 167 Å².